The van der Waals surface area contributed by atoms with Gasteiger partial charge in [0.15, 0.2) is 0 Å². The van der Waals surface area contributed by atoms with Crippen molar-refractivity contribution in [1.82, 2.24) is 5.32 Å². The SMILES string of the molecule is COC(=O)N[C@@H]1CCC[C@@H]1C(=O)O. The average molecular weight is 187 g/mol. The zero-order valence-corrected chi connectivity index (χ0v) is 7.45. The third-order valence-corrected chi connectivity index (χ3v) is 2.32. The van der Waals surface area contributed by atoms with Crippen LogP contribution < -0.4 is 5.32 Å². The molecule has 0 aromatic rings. The molecular weight excluding hydrogens is 174 g/mol. The van der Waals surface area contributed by atoms with Crippen molar-refractivity contribution < 1.29 is 19.4 Å². The van der Waals surface area contributed by atoms with Crippen LogP contribution in [0.15, 0.2) is 0 Å². The molecule has 13 heavy (non-hydrogen) atoms. The van der Waals surface area contributed by atoms with E-state index in [1.807, 2.05) is 0 Å². The van der Waals surface area contributed by atoms with Crippen LogP contribution in [0, 0.1) is 5.92 Å². The van der Waals surface area contributed by atoms with E-state index in [0.717, 1.165) is 6.42 Å². The number of carboxylic acids is 1. The van der Waals surface area contributed by atoms with Crippen molar-refractivity contribution in [3.8, 4) is 0 Å². The molecule has 74 valence electrons. The number of nitrogens with one attached hydrogen (secondary N) is 1. The smallest absolute Gasteiger partial charge is 0.407 e. The highest BCUT2D eigenvalue weighted by Crippen LogP contribution is 2.25. The van der Waals surface area contributed by atoms with Gasteiger partial charge in [0.1, 0.15) is 0 Å². The fourth-order valence-corrected chi connectivity index (χ4v) is 1.64. The first-order chi connectivity index (χ1) is 6.15. The molecule has 2 atom stereocenters. The lowest BCUT2D eigenvalue weighted by Crippen LogP contribution is -2.40. The molecule has 5 heteroatoms. The van der Waals surface area contributed by atoms with Gasteiger partial charge < -0.3 is 15.2 Å². The molecule has 0 aromatic heterocycles. The van der Waals surface area contributed by atoms with Gasteiger partial charge in [-0.3, -0.25) is 4.79 Å². The van der Waals surface area contributed by atoms with Gasteiger partial charge in [-0.15, -0.1) is 0 Å². The maximum absolute atomic E-state index is 10.8. The summed E-state index contributed by atoms with van der Waals surface area (Å²) in [5.41, 5.74) is 0. The van der Waals surface area contributed by atoms with Gasteiger partial charge in [0, 0.05) is 6.04 Å². The second kappa shape index (κ2) is 4.11. The number of ether oxygens (including phenoxy) is 1. The third kappa shape index (κ3) is 2.34. The van der Waals surface area contributed by atoms with Crippen molar-refractivity contribution in [2.75, 3.05) is 7.11 Å². The van der Waals surface area contributed by atoms with Gasteiger partial charge in [0.2, 0.25) is 0 Å². The fraction of sp³-hybridized carbons (Fsp3) is 0.750. The van der Waals surface area contributed by atoms with Gasteiger partial charge in [-0.25, -0.2) is 4.79 Å². The van der Waals surface area contributed by atoms with Gasteiger partial charge >= 0.3 is 12.1 Å². The molecule has 0 radical (unpaired) electrons. The summed E-state index contributed by atoms with van der Waals surface area (Å²) >= 11 is 0. The summed E-state index contributed by atoms with van der Waals surface area (Å²) in [6, 6.07) is -0.273. The zero-order valence-electron chi connectivity index (χ0n) is 7.45. The number of amides is 1. The Morgan fingerprint density at radius 2 is 2.15 bits per heavy atom. The Balaban J connectivity index is 2.48. The van der Waals surface area contributed by atoms with E-state index in [9.17, 15) is 9.59 Å². The lowest BCUT2D eigenvalue weighted by atomic mass is 10.0. The van der Waals surface area contributed by atoms with E-state index in [2.05, 4.69) is 10.1 Å². The first-order valence-electron chi connectivity index (χ1n) is 4.22. The van der Waals surface area contributed by atoms with E-state index < -0.39 is 18.0 Å². The van der Waals surface area contributed by atoms with Crippen molar-refractivity contribution in [3.05, 3.63) is 0 Å². The number of carbonyl (C=O) groups is 2. The molecule has 0 spiro atoms. The molecule has 1 fully saturated rings. The molecule has 1 saturated carbocycles. The van der Waals surface area contributed by atoms with Crippen molar-refractivity contribution in [2.45, 2.75) is 25.3 Å². The second-order valence-corrected chi connectivity index (χ2v) is 3.12. The quantitative estimate of drug-likeness (QED) is 0.663. The molecule has 0 aliphatic heterocycles. The first-order valence-corrected chi connectivity index (χ1v) is 4.22. The number of hydrogen-bond acceptors (Lipinski definition) is 3. The minimum atomic E-state index is -0.848. The number of hydrogen-bond donors (Lipinski definition) is 2. The van der Waals surface area contributed by atoms with Crippen molar-refractivity contribution in [1.29, 1.82) is 0 Å². The average Bonchev–Trinajstić information content (AvgIpc) is 2.52. The van der Waals surface area contributed by atoms with E-state index in [0.29, 0.717) is 12.8 Å². The summed E-state index contributed by atoms with van der Waals surface area (Å²) in [7, 11) is 1.26. The maximum atomic E-state index is 10.8. The van der Waals surface area contributed by atoms with Crippen LogP contribution >= 0.6 is 0 Å². The molecule has 0 unspecified atom stereocenters. The summed E-state index contributed by atoms with van der Waals surface area (Å²) < 4.78 is 4.40. The normalized spacial score (nSPS) is 26.8. The summed E-state index contributed by atoms with van der Waals surface area (Å²) in [5, 5.41) is 11.3. The molecule has 1 aliphatic rings. The zero-order chi connectivity index (χ0) is 9.84. The van der Waals surface area contributed by atoms with Gasteiger partial charge in [0.05, 0.1) is 13.0 Å². The number of carboxylic acid groups (broad SMARTS) is 1. The van der Waals surface area contributed by atoms with E-state index >= 15 is 0 Å². The standard InChI is InChI=1S/C8H13NO4/c1-13-8(12)9-6-4-2-3-5(6)7(10)11/h5-6H,2-4H2,1H3,(H,9,12)(H,10,11)/t5-,6+/m0/s1. The number of aliphatic carboxylic acids is 1. The number of carbonyl (C=O) groups excluding carboxylic acids is 1. The molecule has 0 bridgehead atoms. The Hall–Kier alpha value is -1.26. The van der Waals surface area contributed by atoms with E-state index in [1.165, 1.54) is 7.11 Å². The molecule has 0 heterocycles. The largest absolute Gasteiger partial charge is 0.481 e. The van der Waals surface area contributed by atoms with Crippen LogP contribution in [0.1, 0.15) is 19.3 Å². The Bertz CT molecular complexity index is 216. The monoisotopic (exact) mass is 187 g/mol. The van der Waals surface area contributed by atoms with Gasteiger partial charge in [0.25, 0.3) is 0 Å². The molecule has 1 amide bonds. The van der Waals surface area contributed by atoms with Crippen LogP contribution in [-0.4, -0.2) is 30.3 Å². The highest BCUT2D eigenvalue weighted by molar-refractivity contribution is 5.73. The number of alkyl carbamates (subject to hydrolysis) is 1. The van der Waals surface area contributed by atoms with Gasteiger partial charge in [-0.05, 0) is 12.8 Å². The highest BCUT2D eigenvalue weighted by Gasteiger charge is 2.33. The van der Waals surface area contributed by atoms with Crippen molar-refractivity contribution in [2.24, 2.45) is 5.92 Å². The maximum Gasteiger partial charge on any atom is 0.407 e. The van der Waals surface area contributed by atoms with Crippen LogP contribution in [0.3, 0.4) is 0 Å². The van der Waals surface area contributed by atoms with Crippen molar-refractivity contribution in [3.63, 3.8) is 0 Å². The molecule has 1 rings (SSSR count). The Morgan fingerprint density at radius 3 is 2.69 bits per heavy atom. The molecule has 0 aromatic carbocycles. The van der Waals surface area contributed by atoms with E-state index in [-0.39, 0.29) is 6.04 Å². The first kappa shape index (κ1) is 9.83. The molecule has 2 N–H and O–H groups in total. The topological polar surface area (TPSA) is 75.6 Å². The fourth-order valence-electron chi connectivity index (χ4n) is 1.64. The predicted molar refractivity (Wildman–Crippen MR) is 44.3 cm³/mol. The van der Waals surface area contributed by atoms with E-state index in [4.69, 9.17) is 5.11 Å². The lowest BCUT2D eigenvalue weighted by molar-refractivity contribution is -0.142. The number of methoxy groups -OCH3 is 1. The lowest BCUT2D eigenvalue weighted by Gasteiger charge is -2.16. The van der Waals surface area contributed by atoms with Crippen molar-refractivity contribution >= 4 is 12.1 Å². The third-order valence-electron chi connectivity index (χ3n) is 2.32. The molecule has 1 aliphatic carbocycles. The predicted octanol–water partition coefficient (Wildman–Crippen LogP) is 0.596. The van der Waals surface area contributed by atoms with Crippen LogP contribution in [0.5, 0.6) is 0 Å². The Morgan fingerprint density at radius 1 is 1.46 bits per heavy atom. The van der Waals surface area contributed by atoms with Crippen LogP contribution in [-0.2, 0) is 9.53 Å². The summed E-state index contributed by atoms with van der Waals surface area (Å²) in [5.74, 6) is -1.31. The Labute approximate surface area is 76.1 Å². The summed E-state index contributed by atoms with van der Waals surface area (Å²) in [4.78, 5) is 21.5. The highest BCUT2D eigenvalue weighted by atomic mass is 16.5. The van der Waals surface area contributed by atoms with Crippen LogP contribution in [0.25, 0.3) is 0 Å². The van der Waals surface area contributed by atoms with Crippen LogP contribution in [0.4, 0.5) is 4.79 Å². The summed E-state index contributed by atoms with van der Waals surface area (Å²) in [6.45, 7) is 0. The van der Waals surface area contributed by atoms with Gasteiger partial charge in [-0.1, -0.05) is 6.42 Å². The minimum absolute atomic E-state index is 0.273. The van der Waals surface area contributed by atoms with E-state index in [1.54, 1.807) is 0 Å². The molecule has 0 saturated heterocycles. The minimum Gasteiger partial charge on any atom is -0.481 e. The molecular formula is C8H13NO4. The van der Waals surface area contributed by atoms with Gasteiger partial charge in [-0.2, -0.15) is 0 Å². The number of rotatable bonds is 2. The van der Waals surface area contributed by atoms with Crippen LogP contribution in [0.2, 0.25) is 0 Å². The Kier molecular flexibility index (Phi) is 3.11. The molecule has 5 nitrogen and oxygen atoms in total. The second-order valence-electron chi connectivity index (χ2n) is 3.12. The summed E-state index contributed by atoms with van der Waals surface area (Å²) in [6.07, 6.45) is 1.62.